The van der Waals surface area contributed by atoms with Gasteiger partial charge in [-0.25, -0.2) is 0 Å². The van der Waals surface area contributed by atoms with Gasteiger partial charge in [-0.05, 0) is 29.9 Å². The lowest BCUT2D eigenvalue weighted by atomic mass is 9.70. The van der Waals surface area contributed by atoms with Gasteiger partial charge < -0.3 is 0 Å². The number of hydrogen-bond donors (Lipinski definition) is 0. The molecule has 2 unspecified atom stereocenters. The predicted octanol–water partition coefficient (Wildman–Crippen LogP) is 4.34. The first-order valence-corrected chi connectivity index (χ1v) is 6.86. The average molecular weight is 222 g/mol. The number of benzene rings is 1. The minimum atomic E-state index is 0.475. The van der Waals surface area contributed by atoms with Crippen molar-refractivity contribution in [3.63, 3.8) is 0 Å². The van der Waals surface area contributed by atoms with Crippen LogP contribution in [0.15, 0.2) is 48.6 Å². The molecule has 0 N–H and O–H groups in total. The van der Waals surface area contributed by atoms with Gasteiger partial charge in [0, 0.05) is 11.3 Å². The van der Waals surface area contributed by atoms with Gasteiger partial charge in [0.1, 0.15) is 0 Å². The van der Waals surface area contributed by atoms with Gasteiger partial charge in [-0.2, -0.15) is 0 Å². The first kappa shape index (κ1) is 9.70. The van der Waals surface area contributed by atoms with Crippen molar-refractivity contribution in [1.29, 1.82) is 0 Å². The fourth-order valence-electron chi connectivity index (χ4n) is 4.46. The van der Waals surface area contributed by atoms with Gasteiger partial charge in [0.05, 0.1) is 0 Å². The second-order valence-electron chi connectivity index (χ2n) is 5.77. The molecule has 0 bridgehead atoms. The van der Waals surface area contributed by atoms with Gasteiger partial charge in [0.2, 0.25) is 0 Å². The quantitative estimate of drug-likeness (QED) is 0.612. The molecule has 0 aromatic heterocycles. The van der Waals surface area contributed by atoms with E-state index >= 15 is 0 Å². The molecule has 0 nitrogen and oxygen atoms in total. The van der Waals surface area contributed by atoms with Crippen LogP contribution in [0, 0.1) is 5.92 Å². The zero-order valence-corrected chi connectivity index (χ0v) is 10.1. The molecule has 2 atom stereocenters. The molecule has 3 aliphatic rings. The molecule has 0 amide bonds. The van der Waals surface area contributed by atoms with E-state index in [1.165, 1.54) is 25.7 Å². The fourth-order valence-corrected chi connectivity index (χ4v) is 4.46. The number of hydrogen-bond acceptors (Lipinski definition) is 0. The smallest absolute Gasteiger partial charge is 0.00955 e. The highest BCUT2D eigenvalue weighted by molar-refractivity contribution is 5.50. The minimum Gasteiger partial charge on any atom is -0.0796 e. The van der Waals surface area contributed by atoms with E-state index in [-0.39, 0.29) is 0 Å². The molecular weight excluding hydrogens is 204 g/mol. The molecule has 1 spiro atoms. The summed E-state index contributed by atoms with van der Waals surface area (Å²) in [6.07, 6.45) is 15.0. The molecular formula is C17H18. The van der Waals surface area contributed by atoms with E-state index in [0.717, 1.165) is 5.92 Å². The molecule has 86 valence electrons. The Morgan fingerprint density at radius 1 is 0.941 bits per heavy atom. The van der Waals surface area contributed by atoms with E-state index in [4.69, 9.17) is 0 Å². The van der Waals surface area contributed by atoms with E-state index in [1.54, 1.807) is 11.1 Å². The van der Waals surface area contributed by atoms with Crippen molar-refractivity contribution in [2.45, 2.75) is 37.0 Å². The molecule has 1 fully saturated rings. The highest BCUT2D eigenvalue weighted by atomic mass is 14.5. The SMILES string of the molecule is C1=CC2c3ccccc3C3(CCCC3)C2C=C1. The largest absolute Gasteiger partial charge is 0.0796 e. The van der Waals surface area contributed by atoms with E-state index < -0.39 is 0 Å². The molecule has 17 heavy (non-hydrogen) atoms. The van der Waals surface area contributed by atoms with Crippen LogP contribution in [-0.2, 0) is 5.41 Å². The van der Waals surface area contributed by atoms with E-state index in [2.05, 4.69) is 48.6 Å². The number of allylic oxidation sites excluding steroid dienone is 4. The van der Waals surface area contributed by atoms with Crippen molar-refractivity contribution in [2.24, 2.45) is 5.92 Å². The van der Waals surface area contributed by atoms with E-state index in [0.29, 0.717) is 11.3 Å². The monoisotopic (exact) mass is 222 g/mol. The standard InChI is InChI=1S/C17H18/c1-3-9-15-13(7-1)14-8-2-4-10-16(14)17(15)11-5-6-12-17/h1-4,7-10,13,15H,5-6,11-12H2. The molecule has 3 aliphatic carbocycles. The van der Waals surface area contributed by atoms with Crippen LogP contribution < -0.4 is 0 Å². The van der Waals surface area contributed by atoms with Gasteiger partial charge in [-0.3, -0.25) is 0 Å². The molecule has 1 saturated carbocycles. The maximum absolute atomic E-state index is 2.47. The molecule has 4 rings (SSSR count). The summed E-state index contributed by atoms with van der Waals surface area (Å²) in [4.78, 5) is 0. The first-order chi connectivity index (χ1) is 8.42. The minimum absolute atomic E-state index is 0.475. The Kier molecular flexibility index (Phi) is 1.91. The second kappa shape index (κ2) is 3.35. The Morgan fingerprint density at radius 2 is 1.71 bits per heavy atom. The van der Waals surface area contributed by atoms with Crippen LogP contribution >= 0.6 is 0 Å². The van der Waals surface area contributed by atoms with Crippen molar-refractivity contribution in [3.8, 4) is 0 Å². The van der Waals surface area contributed by atoms with Crippen molar-refractivity contribution in [3.05, 3.63) is 59.7 Å². The maximum Gasteiger partial charge on any atom is 0.00955 e. The zero-order valence-electron chi connectivity index (χ0n) is 10.1. The molecule has 0 saturated heterocycles. The van der Waals surface area contributed by atoms with Crippen molar-refractivity contribution < 1.29 is 0 Å². The molecule has 0 heterocycles. The molecule has 0 radical (unpaired) electrons. The summed E-state index contributed by atoms with van der Waals surface area (Å²) >= 11 is 0. The van der Waals surface area contributed by atoms with E-state index in [9.17, 15) is 0 Å². The molecule has 1 aromatic rings. The molecule has 0 heteroatoms. The van der Waals surface area contributed by atoms with Gasteiger partial charge in [-0.15, -0.1) is 0 Å². The number of rotatable bonds is 0. The normalized spacial score (nSPS) is 31.8. The van der Waals surface area contributed by atoms with Crippen molar-refractivity contribution in [2.75, 3.05) is 0 Å². The Hall–Kier alpha value is -1.30. The maximum atomic E-state index is 2.47. The van der Waals surface area contributed by atoms with Gasteiger partial charge in [0.15, 0.2) is 0 Å². The van der Waals surface area contributed by atoms with Crippen LogP contribution in [0.1, 0.15) is 42.7 Å². The summed E-state index contributed by atoms with van der Waals surface area (Å²) in [5.74, 6) is 1.38. The molecule has 1 aromatic carbocycles. The topological polar surface area (TPSA) is 0 Å². The summed E-state index contributed by atoms with van der Waals surface area (Å²) in [6.45, 7) is 0. The number of fused-ring (bicyclic) bond motifs is 5. The average Bonchev–Trinajstić information content (AvgIpc) is 2.98. The van der Waals surface area contributed by atoms with Crippen LogP contribution in [0.5, 0.6) is 0 Å². The Labute approximate surface area is 103 Å². The van der Waals surface area contributed by atoms with Gasteiger partial charge in [-0.1, -0.05) is 61.4 Å². The Morgan fingerprint density at radius 3 is 2.59 bits per heavy atom. The zero-order chi connectivity index (χ0) is 11.3. The summed E-state index contributed by atoms with van der Waals surface area (Å²) < 4.78 is 0. The van der Waals surface area contributed by atoms with Crippen LogP contribution in [0.25, 0.3) is 0 Å². The summed E-state index contributed by atoms with van der Waals surface area (Å²) in [6, 6.07) is 9.17. The van der Waals surface area contributed by atoms with Gasteiger partial charge in [0.25, 0.3) is 0 Å². The van der Waals surface area contributed by atoms with Crippen LogP contribution in [0.2, 0.25) is 0 Å². The van der Waals surface area contributed by atoms with Crippen molar-refractivity contribution in [1.82, 2.24) is 0 Å². The first-order valence-electron chi connectivity index (χ1n) is 6.86. The summed E-state index contributed by atoms with van der Waals surface area (Å²) in [5.41, 5.74) is 3.73. The van der Waals surface area contributed by atoms with Crippen LogP contribution in [0.3, 0.4) is 0 Å². The predicted molar refractivity (Wildman–Crippen MR) is 71.1 cm³/mol. The lowest BCUT2D eigenvalue weighted by molar-refractivity contribution is 0.337. The Balaban J connectivity index is 1.96. The highest BCUT2D eigenvalue weighted by Crippen LogP contribution is 2.59. The summed E-state index contributed by atoms with van der Waals surface area (Å²) in [7, 11) is 0. The third-order valence-corrected chi connectivity index (χ3v) is 5.13. The summed E-state index contributed by atoms with van der Waals surface area (Å²) in [5, 5.41) is 0. The van der Waals surface area contributed by atoms with Crippen LogP contribution in [0.4, 0.5) is 0 Å². The lowest BCUT2D eigenvalue weighted by Gasteiger charge is -2.33. The highest BCUT2D eigenvalue weighted by Gasteiger charge is 2.51. The second-order valence-corrected chi connectivity index (χ2v) is 5.77. The lowest BCUT2D eigenvalue weighted by Crippen LogP contribution is -2.28. The fraction of sp³-hybridized carbons (Fsp3) is 0.412. The third-order valence-electron chi connectivity index (χ3n) is 5.13. The Bertz CT molecular complexity index is 501. The van der Waals surface area contributed by atoms with Gasteiger partial charge >= 0.3 is 0 Å². The van der Waals surface area contributed by atoms with Crippen molar-refractivity contribution >= 4 is 0 Å². The van der Waals surface area contributed by atoms with Crippen LogP contribution in [-0.4, -0.2) is 0 Å². The third kappa shape index (κ3) is 1.14. The molecule has 0 aliphatic heterocycles. The van der Waals surface area contributed by atoms with E-state index in [1.807, 2.05) is 0 Å².